The van der Waals surface area contributed by atoms with Crippen molar-refractivity contribution >= 4 is 0 Å². The molecule has 0 amide bonds. The molecule has 1 aromatic rings. The molecule has 2 rings (SSSR count). The average molecular weight is 293 g/mol. The molecule has 118 valence electrons. The highest BCUT2D eigenvalue weighted by Gasteiger charge is 2.18. The fourth-order valence-corrected chi connectivity index (χ4v) is 2.69. The van der Waals surface area contributed by atoms with Gasteiger partial charge in [0.2, 0.25) is 0 Å². The zero-order valence-corrected chi connectivity index (χ0v) is 13.0. The SMILES string of the molecule is COc1ccc(OCC(O)CNC2CCC(C)CC2)cc1. The summed E-state index contributed by atoms with van der Waals surface area (Å²) in [5, 5.41) is 13.4. The minimum absolute atomic E-state index is 0.308. The van der Waals surface area contributed by atoms with Crippen LogP contribution in [0, 0.1) is 5.92 Å². The van der Waals surface area contributed by atoms with Gasteiger partial charge in [-0.15, -0.1) is 0 Å². The van der Waals surface area contributed by atoms with Gasteiger partial charge in [-0.2, -0.15) is 0 Å². The van der Waals surface area contributed by atoms with E-state index in [1.807, 2.05) is 24.3 Å². The van der Waals surface area contributed by atoms with E-state index in [0.717, 1.165) is 17.4 Å². The number of benzene rings is 1. The predicted molar refractivity (Wildman–Crippen MR) is 83.9 cm³/mol. The maximum Gasteiger partial charge on any atom is 0.119 e. The summed E-state index contributed by atoms with van der Waals surface area (Å²) in [4.78, 5) is 0. The molecule has 0 radical (unpaired) electrons. The molecular weight excluding hydrogens is 266 g/mol. The van der Waals surface area contributed by atoms with E-state index in [-0.39, 0.29) is 0 Å². The largest absolute Gasteiger partial charge is 0.497 e. The lowest BCUT2D eigenvalue weighted by Crippen LogP contribution is -2.39. The summed E-state index contributed by atoms with van der Waals surface area (Å²) in [5.41, 5.74) is 0. The Morgan fingerprint density at radius 1 is 1.14 bits per heavy atom. The first kappa shape index (κ1) is 16.1. The fourth-order valence-electron chi connectivity index (χ4n) is 2.69. The molecule has 1 aliphatic rings. The molecule has 1 unspecified atom stereocenters. The molecule has 21 heavy (non-hydrogen) atoms. The number of hydrogen-bond donors (Lipinski definition) is 2. The molecular formula is C17H27NO3. The molecule has 4 nitrogen and oxygen atoms in total. The fraction of sp³-hybridized carbons (Fsp3) is 0.647. The number of methoxy groups -OCH3 is 1. The van der Waals surface area contributed by atoms with E-state index in [9.17, 15) is 5.11 Å². The number of aliphatic hydroxyl groups is 1. The van der Waals surface area contributed by atoms with Crippen LogP contribution in [-0.2, 0) is 0 Å². The van der Waals surface area contributed by atoms with Crippen LogP contribution in [0.1, 0.15) is 32.6 Å². The van der Waals surface area contributed by atoms with Crippen LogP contribution in [-0.4, -0.2) is 37.5 Å². The van der Waals surface area contributed by atoms with E-state index in [4.69, 9.17) is 9.47 Å². The van der Waals surface area contributed by atoms with E-state index < -0.39 is 6.10 Å². The molecule has 2 N–H and O–H groups in total. The van der Waals surface area contributed by atoms with Crippen molar-refractivity contribution in [2.75, 3.05) is 20.3 Å². The van der Waals surface area contributed by atoms with Gasteiger partial charge in [0.1, 0.15) is 24.2 Å². The van der Waals surface area contributed by atoms with Crippen LogP contribution in [0.25, 0.3) is 0 Å². The topological polar surface area (TPSA) is 50.7 Å². The minimum Gasteiger partial charge on any atom is -0.497 e. The van der Waals surface area contributed by atoms with Crippen LogP contribution in [0.3, 0.4) is 0 Å². The third-order valence-electron chi connectivity index (χ3n) is 4.16. The van der Waals surface area contributed by atoms with Gasteiger partial charge < -0.3 is 19.9 Å². The van der Waals surface area contributed by atoms with Crippen LogP contribution in [0.4, 0.5) is 0 Å². The van der Waals surface area contributed by atoms with Gasteiger partial charge in [-0.25, -0.2) is 0 Å². The third-order valence-corrected chi connectivity index (χ3v) is 4.16. The van der Waals surface area contributed by atoms with Crippen LogP contribution in [0.15, 0.2) is 24.3 Å². The summed E-state index contributed by atoms with van der Waals surface area (Å²) in [6, 6.07) is 7.95. The van der Waals surface area contributed by atoms with Gasteiger partial charge >= 0.3 is 0 Å². The zero-order chi connectivity index (χ0) is 15.1. The Bertz CT molecular complexity index is 399. The Labute approximate surface area is 127 Å². The van der Waals surface area contributed by atoms with Gasteiger partial charge in [-0.1, -0.05) is 6.92 Å². The Balaban J connectivity index is 1.63. The lowest BCUT2D eigenvalue weighted by molar-refractivity contribution is 0.101. The van der Waals surface area contributed by atoms with Crippen molar-refractivity contribution in [2.45, 2.75) is 44.8 Å². The van der Waals surface area contributed by atoms with Gasteiger partial charge in [-0.05, 0) is 55.9 Å². The summed E-state index contributed by atoms with van der Waals surface area (Å²) in [6.07, 6.45) is 4.53. The van der Waals surface area contributed by atoms with Crippen LogP contribution in [0.2, 0.25) is 0 Å². The molecule has 1 aromatic carbocycles. The lowest BCUT2D eigenvalue weighted by Gasteiger charge is -2.27. The number of hydrogen-bond acceptors (Lipinski definition) is 4. The standard InChI is InChI=1S/C17H27NO3/c1-13-3-5-14(6-4-13)18-11-15(19)12-21-17-9-7-16(20-2)8-10-17/h7-10,13-15,18-19H,3-6,11-12H2,1-2H3. The second-order valence-electron chi connectivity index (χ2n) is 6.01. The third kappa shape index (κ3) is 5.56. The minimum atomic E-state index is -0.480. The highest BCUT2D eigenvalue weighted by atomic mass is 16.5. The number of rotatable bonds is 7. The molecule has 4 heteroatoms. The summed E-state index contributed by atoms with van der Waals surface area (Å²) >= 11 is 0. The summed E-state index contributed by atoms with van der Waals surface area (Å²) in [6.45, 7) is 3.21. The summed E-state index contributed by atoms with van der Waals surface area (Å²) in [7, 11) is 1.64. The number of aliphatic hydroxyl groups excluding tert-OH is 1. The van der Waals surface area contributed by atoms with E-state index in [2.05, 4.69) is 12.2 Å². The highest BCUT2D eigenvalue weighted by Crippen LogP contribution is 2.23. The van der Waals surface area contributed by atoms with Crippen molar-refractivity contribution in [1.29, 1.82) is 0 Å². The zero-order valence-electron chi connectivity index (χ0n) is 13.0. The van der Waals surface area contributed by atoms with Crippen LogP contribution >= 0.6 is 0 Å². The molecule has 0 heterocycles. The Morgan fingerprint density at radius 2 is 1.76 bits per heavy atom. The second kappa shape index (κ2) is 8.25. The molecule has 0 spiro atoms. The monoisotopic (exact) mass is 293 g/mol. The molecule has 1 atom stereocenters. The molecule has 1 fully saturated rings. The molecule has 0 aliphatic heterocycles. The van der Waals surface area contributed by atoms with Gasteiger partial charge in [0.15, 0.2) is 0 Å². The maximum absolute atomic E-state index is 9.98. The van der Waals surface area contributed by atoms with Gasteiger partial charge in [0.25, 0.3) is 0 Å². The quantitative estimate of drug-likeness (QED) is 0.811. The first-order chi connectivity index (χ1) is 10.2. The Hall–Kier alpha value is -1.26. The Morgan fingerprint density at radius 3 is 2.38 bits per heavy atom. The van der Waals surface area contributed by atoms with Crippen molar-refractivity contribution in [3.8, 4) is 11.5 Å². The van der Waals surface area contributed by atoms with E-state index in [1.165, 1.54) is 25.7 Å². The first-order valence-electron chi connectivity index (χ1n) is 7.85. The second-order valence-corrected chi connectivity index (χ2v) is 6.01. The molecule has 1 aliphatic carbocycles. The smallest absolute Gasteiger partial charge is 0.119 e. The Kier molecular flexibility index (Phi) is 6.33. The predicted octanol–water partition coefficient (Wildman–Crippen LogP) is 2.60. The summed E-state index contributed by atoms with van der Waals surface area (Å²) in [5.74, 6) is 2.41. The molecule has 0 saturated heterocycles. The number of ether oxygens (including phenoxy) is 2. The van der Waals surface area contributed by atoms with Gasteiger partial charge in [0, 0.05) is 12.6 Å². The van der Waals surface area contributed by atoms with E-state index in [1.54, 1.807) is 7.11 Å². The van der Waals surface area contributed by atoms with Crippen molar-refractivity contribution < 1.29 is 14.6 Å². The molecule has 1 saturated carbocycles. The van der Waals surface area contributed by atoms with Crippen molar-refractivity contribution in [1.82, 2.24) is 5.32 Å². The summed E-state index contributed by atoms with van der Waals surface area (Å²) < 4.78 is 10.7. The van der Waals surface area contributed by atoms with E-state index >= 15 is 0 Å². The van der Waals surface area contributed by atoms with Crippen molar-refractivity contribution in [3.63, 3.8) is 0 Å². The maximum atomic E-state index is 9.98. The van der Waals surface area contributed by atoms with Crippen molar-refractivity contribution in [2.24, 2.45) is 5.92 Å². The van der Waals surface area contributed by atoms with Gasteiger partial charge in [-0.3, -0.25) is 0 Å². The normalized spacial score (nSPS) is 23.6. The number of nitrogens with one attached hydrogen (secondary N) is 1. The van der Waals surface area contributed by atoms with Crippen LogP contribution < -0.4 is 14.8 Å². The molecule has 0 aromatic heterocycles. The van der Waals surface area contributed by atoms with E-state index in [0.29, 0.717) is 19.2 Å². The van der Waals surface area contributed by atoms with Gasteiger partial charge in [0.05, 0.1) is 7.11 Å². The lowest BCUT2D eigenvalue weighted by atomic mass is 9.87. The van der Waals surface area contributed by atoms with Crippen LogP contribution in [0.5, 0.6) is 11.5 Å². The first-order valence-corrected chi connectivity index (χ1v) is 7.85. The van der Waals surface area contributed by atoms with Crippen molar-refractivity contribution in [3.05, 3.63) is 24.3 Å². The average Bonchev–Trinajstić information content (AvgIpc) is 2.53. The highest BCUT2D eigenvalue weighted by molar-refractivity contribution is 5.31. The molecule has 0 bridgehead atoms.